The molecule has 5 rings (SSSR count). The van der Waals surface area contributed by atoms with E-state index < -0.39 is 17.7 Å². The van der Waals surface area contributed by atoms with Crippen LogP contribution in [-0.4, -0.2) is 47.9 Å². The number of hydrogen-bond acceptors (Lipinski definition) is 7. The van der Waals surface area contributed by atoms with Crippen LogP contribution in [0.4, 0.5) is 17.1 Å². The number of aliphatic hydroxyl groups excluding tert-OH is 1. The smallest absolute Gasteiger partial charge is 0.300 e. The van der Waals surface area contributed by atoms with Gasteiger partial charge in [-0.25, -0.2) is 0 Å². The zero-order valence-corrected chi connectivity index (χ0v) is 19.8. The van der Waals surface area contributed by atoms with Crippen LogP contribution in [0.2, 0.25) is 0 Å². The highest BCUT2D eigenvalue weighted by Crippen LogP contribution is 2.43. The molecule has 182 valence electrons. The summed E-state index contributed by atoms with van der Waals surface area (Å²) in [4.78, 5) is 46.0. The van der Waals surface area contributed by atoms with Gasteiger partial charge in [0.2, 0.25) is 5.91 Å². The first-order valence-electron chi connectivity index (χ1n) is 11.4. The third-order valence-corrected chi connectivity index (χ3v) is 6.18. The van der Waals surface area contributed by atoms with Gasteiger partial charge in [-0.3, -0.25) is 24.3 Å². The molecule has 3 heterocycles. The quantitative estimate of drug-likeness (QED) is 0.331. The molecule has 9 nitrogen and oxygen atoms in total. The molecule has 0 saturated carbocycles. The number of amides is 2. The van der Waals surface area contributed by atoms with Crippen LogP contribution in [0.5, 0.6) is 5.75 Å². The number of carbonyl (C=O) groups excluding carboxylic acids is 3. The van der Waals surface area contributed by atoms with Gasteiger partial charge in [-0.05, 0) is 48.5 Å². The second kappa shape index (κ2) is 9.18. The number of rotatable bonds is 4. The van der Waals surface area contributed by atoms with Crippen molar-refractivity contribution in [2.45, 2.75) is 13.0 Å². The van der Waals surface area contributed by atoms with Gasteiger partial charge < -0.3 is 20.1 Å². The zero-order chi connectivity index (χ0) is 25.4. The van der Waals surface area contributed by atoms with Crippen molar-refractivity contribution in [1.29, 1.82) is 0 Å². The summed E-state index contributed by atoms with van der Waals surface area (Å²) in [6.07, 6.45) is 1.56. The maximum absolute atomic E-state index is 13.4. The fraction of sp³-hybridized carbons (Fsp3) is 0.185. The third-order valence-electron chi connectivity index (χ3n) is 6.18. The molecule has 2 N–H and O–H groups in total. The third kappa shape index (κ3) is 4.04. The molecule has 2 aromatic carbocycles. The predicted octanol–water partition coefficient (Wildman–Crippen LogP) is 3.49. The second-order valence-electron chi connectivity index (χ2n) is 8.61. The molecular formula is C27H24N4O5. The summed E-state index contributed by atoms with van der Waals surface area (Å²) in [7, 11) is 1.92. The molecule has 9 heteroatoms. The molecule has 1 saturated heterocycles. The van der Waals surface area contributed by atoms with Crippen molar-refractivity contribution < 1.29 is 24.2 Å². The van der Waals surface area contributed by atoms with Gasteiger partial charge >= 0.3 is 0 Å². The summed E-state index contributed by atoms with van der Waals surface area (Å²) in [5.41, 5.74) is 2.37. The molecule has 1 aromatic heterocycles. The minimum Gasteiger partial charge on any atom is -0.507 e. The Kier molecular flexibility index (Phi) is 5.89. The molecule has 0 aliphatic carbocycles. The normalized spacial score (nSPS) is 18.6. The average molecular weight is 485 g/mol. The van der Waals surface area contributed by atoms with Crippen molar-refractivity contribution in [2.24, 2.45) is 0 Å². The van der Waals surface area contributed by atoms with Crippen LogP contribution in [-0.2, 0) is 14.4 Å². The zero-order valence-electron chi connectivity index (χ0n) is 19.8. The standard InChI is InChI=1S/C27H24N4O5/c1-16(32)29-18-6-5-7-19(15-18)31-24(20-8-3-4-11-28-20)23(26(34)27(31)35)25(33)17-9-10-22-21(14-17)30(2)12-13-36-22/h3-11,14-15,24,33H,12-13H2,1-2H3,(H,29,32)/b25-23-. The lowest BCUT2D eigenvalue weighted by Crippen LogP contribution is -2.30. The lowest BCUT2D eigenvalue weighted by molar-refractivity contribution is -0.132. The number of aromatic nitrogens is 1. The molecule has 0 radical (unpaired) electrons. The van der Waals surface area contributed by atoms with E-state index in [-0.39, 0.29) is 17.2 Å². The summed E-state index contributed by atoms with van der Waals surface area (Å²) < 4.78 is 5.69. The Balaban J connectivity index is 1.67. The van der Waals surface area contributed by atoms with Crippen LogP contribution in [0, 0.1) is 0 Å². The fourth-order valence-corrected chi connectivity index (χ4v) is 4.51. The number of benzene rings is 2. The van der Waals surface area contributed by atoms with Gasteiger partial charge in [0, 0.05) is 37.1 Å². The number of hydrogen-bond donors (Lipinski definition) is 2. The van der Waals surface area contributed by atoms with Crippen LogP contribution >= 0.6 is 0 Å². The van der Waals surface area contributed by atoms with E-state index in [1.165, 1.54) is 11.8 Å². The van der Waals surface area contributed by atoms with Gasteiger partial charge in [0.05, 0.1) is 23.5 Å². The SMILES string of the molecule is CC(=O)Nc1cccc(N2C(=O)C(=O)/C(=C(\O)c3ccc4c(c3)N(C)CCO4)C2c2ccccn2)c1. The Morgan fingerprint density at radius 1 is 1.11 bits per heavy atom. The highest BCUT2D eigenvalue weighted by molar-refractivity contribution is 6.51. The van der Waals surface area contributed by atoms with Crippen molar-refractivity contribution in [3.63, 3.8) is 0 Å². The number of fused-ring (bicyclic) bond motifs is 1. The first-order valence-corrected chi connectivity index (χ1v) is 11.4. The van der Waals surface area contributed by atoms with Crippen molar-refractivity contribution in [3.8, 4) is 5.75 Å². The van der Waals surface area contributed by atoms with Gasteiger partial charge in [-0.15, -0.1) is 0 Å². The van der Waals surface area contributed by atoms with E-state index in [1.807, 2.05) is 11.9 Å². The van der Waals surface area contributed by atoms with Crippen molar-refractivity contribution in [3.05, 3.63) is 83.7 Å². The van der Waals surface area contributed by atoms with Gasteiger partial charge in [-0.1, -0.05) is 12.1 Å². The largest absolute Gasteiger partial charge is 0.507 e. The van der Waals surface area contributed by atoms with Crippen molar-refractivity contribution in [2.75, 3.05) is 35.3 Å². The van der Waals surface area contributed by atoms with Gasteiger partial charge in [0.25, 0.3) is 11.7 Å². The monoisotopic (exact) mass is 484 g/mol. The summed E-state index contributed by atoms with van der Waals surface area (Å²) in [5, 5.41) is 14.1. The number of pyridine rings is 1. The van der Waals surface area contributed by atoms with Crippen LogP contribution in [0.3, 0.4) is 0 Å². The van der Waals surface area contributed by atoms with E-state index in [0.29, 0.717) is 41.5 Å². The number of anilines is 3. The minimum absolute atomic E-state index is 0.0667. The predicted molar refractivity (Wildman–Crippen MR) is 135 cm³/mol. The molecule has 1 atom stereocenters. The first-order chi connectivity index (χ1) is 17.3. The van der Waals surface area contributed by atoms with E-state index >= 15 is 0 Å². The maximum atomic E-state index is 13.4. The Labute approximate surface area is 207 Å². The number of carbonyl (C=O) groups is 3. The molecule has 2 aliphatic heterocycles. The van der Waals surface area contributed by atoms with E-state index in [4.69, 9.17) is 4.74 Å². The number of Topliss-reactive ketones (excluding diaryl/α,β-unsaturated/α-hetero) is 1. The number of likely N-dealkylation sites (N-methyl/N-ethyl adjacent to an activating group) is 1. The number of nitrogens with one attached hydrogen (secondary N) is 1. The van der Waals surface area contributed by atoms with Gasteiger partial charge in [-0.2, -0.15) is 0 Å². The Morgan fingerprint density at radius 2 is 1.94 bits per heavy atom. The molecule has 36 heavy (non-hydrogen) atoms. The van der Waals surface area contributed by atoms with Crippen LogP contribution in [0.25, 0.3) is 5.76 Å². The molecule has 1 unspecified atom stereocenters. The number of ketones is 1. The highest BCUT2D eigenvalue weighted by Gasteiger charge is 2.47. The number of nitrogens with zero attached hydrogens (tertiary/aromatic N) is 3. The minimum atomic E-state index is -0.969. The second-order valence-corrected chi connectivity index (χ2v) is 8.61. The Bertz CT molecular complexity index is 1400. The summed E-state index contributed by atoms with van der Waals surface area (Å²) >= 11 is 0. The van der Waals surface area contributed by atoms with Crippen LogP contribution < -0.4 is 19.9 Å². The summed E-state index contributed by atoms with van der Waals surface area (Å²) in [6, 6.07) is 16.0. The van der Waals surface area contributed by atoms with E-state index in [1.54, 1.807) is 66.9 Å². The average Bonchev–Trinajstić information content (AvgIpc) is 3.14. The number of ether oxygens (including phenoxy) is 1. The molecule has 2 aliphatic rings. The molecular weight excluding hydrogens is 460 g/mol. The maximum Gasteiger partial charge on any atom is 0.300 e. The van der Waals surface area contributed by atoms with Crippen molar-refractivity contribution in [1.82, 2.24) is 4.98 Å². The first kappa shape index (κ1) is 23.1. The topological polar surface area (TPSA) is 112 Å². The van der Waals surface area contributed by atoms with E-state index in [0.717, 1.165) is 5.69 Å². The molecule has 1 fully saturated rings. The van der Waals surface area contributed by atoms with E-state index in [9.17, 15) is 19.5 Å². The molecule has 2 amide bonds. The summed E-state index contributed by atoms with van der Waals surface area (Å²) in [5.74, 6) is -1.51. The Morgan fingerprint density at radius 3 is 2.69 bits per heavy atom. The molecule has 0 spiro atoms. The lowest BCUT2D eigenvalue weighted by atomic mass is 9.97. The highest BCUT2D eigenvalue weighted by atomic mass is 16.5. The number of aliphatic hydroxyl groups is 1. The molecule has 0 bridgehead atoms. The lowest BCUT2D eigenvalue weighted by Gasteiger charge is -2.28. The molecule has 3 aromatic rings. The Hall–Kier alpha value is -4.66. The van der Waals surface area contributed by atoms with Gasteiger partial charge in [0.1, 0.15) is 24.2 Å². The fourth-order valence-electron chi connectivity index (χ4n) is 4.51. The summed E-state index contributed by atoms with van der Waals surface area (Å²) in [6.45, 7) is 2.62. The van der Waals surface area contributed by atoms with Crippen molar-refractivity contribution >= 4 is 40.4 Å². The van der Waals surface area contributed by atoms with Crippen LogP contribution in [0.1, 0.15) is 24.2 Å². The van der Waals surface area contributed by atoms with Crippen LogP contribution in [0.15, 0.2) is 72.4 Å². The van der Waals surface area contributed by atoms with Gasteiger partial charge in [0.15, 0.2) is 0 Å². The van der Waals surface area contributed by atoms with E-state index in [2.05, 4.69) is 10.3 Å².